The second-order valence-electron chi connectivity index (χ2n) is 8.25. The van der Waals surface area contributed by atoms with Gasteiger partial charge in [-0.05, 0) is 42.3 Å². The molecule has 0 bridgehead atoms. The summed E-state index contributed by atoms with van der Waals surface area (Å²) in [5.74, 6) is 1.89. The van der Waals surface area contributed by atoms with Gasteiger partial charge in [-0.25, -0.2) is 0 Å². The molecule has 1 unspecified atom stereocenters. The molecule has 0 radical (unpaired) electrons. The summed E-state index contributed by atoms with van der Waals surface area (Å²) in [5, 5.41) is 0. The van der Waals surface area contributed by atoms with Crippen LogP contribution in [0.4, 0.5) is 5.69 Å². The molecule has 2 aliphatic heterocycles. The molecule has 2 heterocycles. The van der Waals surface area contributed by atoms with Gasteiger partial charge in [0.25, 0.3) is 0 Å². The molecule has 32 heavy (non-hydrogen) atoms. The summed E-state index contributed by atoms with van der Waals surface area (Å²) in [6.07, 6.45) is 4.46. The van der Waals surface area contributed by atoms with Crippen molar-refractivity contribution in [2.24, 2.45) is 0 Å². The number of benzene rings is 3. The van der Waals surface area contributed by atoms with Gasteiger partial charge in [-0.15, -0.1) is 13.2 Å². The van der Waals surface area contributed by atoms with E-state index in [4.69, 9.17) is 9.47 Å². The van der Waals surface area contributed by atoms with E-state index in [-0.39, 0.29) is 6.23 Å². The maximum atomic E-state index is 6.56. The third-order valence-corrected chi connectivity index (χ3v) is 6.09. The maximum absolute atomic E-state index is 6.56. The third-order valence-electron chi connectivity index (χ3n) is 6.09. The highest BCUT2D eigenvalue weighted by molar-refractivity contribution is 5.52. The van der Waals surface area contributed by atoms with Gasteiger partial charge in [-0.1, -0.05) is 48.6 Å². The molecule has 0 saturated carbocycles. The summed E-state index contributed by atoms with van der Waals surface area (Å²) in [6, 6.07) is 23.1. The van der Waals surface area contributed by atoms with E-state index in [1.807, 2.05) is 24.3 Å². The predicted octanol–water partition coefficient (Wildman–Crippen LogP) is 5.85. The largest absolute Gasteiger partial charge is 0.473 e. The lowest BCUT2D eigenvalue weighted by Crippen LogP contribution is -2.37. The number of rotatable bonds is 6. The number of fused-ring (bicyclic) bond motifs is 2. The van der Waals surface area contributed by atoms with E-state index in [0.717, 1.165) is 43.2 Å². The first-order valence-electron chi connectivity index (χ1n) is 11.1. The van der Waals surface area contributed by atoms with Crippen molar-refractivity contribution in [2.45, 2.75) is 25.7 Å². The number of hydrogen-bond acceptors (Lipinski definition) is 4. The normalized spacial score (nSPS) is 17.5. The van der Waals surface area contributed by atoms with E-state index in [9.17, 15) is 0 Å². The van der Waals surface area contributed by atoms with Crippen molar-refractivity contribution in [3.05, 3.63) is 114 Å². The summed E-state index contributed by atoms with van der Waals surface area (Å²) < 4.78 is 12.7. The van der Waals surface area contributed by atoms with Gasteiger partial charge in [-0.2, -0.15) is 0 Å². The van der Waals surface area contributed by atoms with Gasteiger partial charge in [-0.3, -0.25) is 4.90 Å². The lowest BCUT2D eigenvalue weighted by atomic mass is 9.96. The number of nitrogens with zero attached hydrogens (tertiary/aromatic N) is 2. The van der Waals surface area contributed by atoms with E-state index in [1.54, 1.807) is 0 Å². The van der Waals surface area contributed by atoms with Crippen molar-refractivity contribution in [3.8, 4) is 11.5 Å². The standard InChI is InChI=1S/C28H28N2O2/c1-3-10-21-17-27-23(19-30(20-31-27)24-12-6-5-7-13-24)16-25(21)28-29(15-4-2)18-22-11-8-9-14-26(22)32-28/h3-9,11-14,16-17,28H,1-2,10,15,18-20H2. The van der Waals surface area contributed by atoms with E-state index < -0.39 is 0 Å². The first-order chi connectivity index (χ1) is 15.8. The second kappa shape index (κ2) is 8.93. The van der Waals surface area contributed by atoms with Crippen LogP contribution < -0.4 is 14.4 Å². The van der Waals surface area contributed by atoms with Crippen LogP contribution in [0.5, 0.6) is 11.5 Å². The molecular weight excluding hydrogens is 396 g/mol. The minimum Gasteiger partial charge on any atom is -0.473 e. The molecule has 0 fully saturated rings. The molecule has 3 aromatic rings. The predicted molar refractivity (Wildman–Crippen MR) is 129 cm³/mol. The van der Waals surface area contributed by atoms with Crippen molar-refractivity contribution in [1.29, 1.82) is 0 Å². The highest BCUT2D eigenvalue weighted by Crippen LogP contribution is 2.39. The van der Waals surface area contributed by atoms with Crippen molar-refractivity contribution < 1.29 is 9.47 Å². The molecule has 0 amide bonds. The number of hydrogen-bond donors (Lipinski definition) is 0. The molecule has 162 valence electrons. The molecule has 5 rings (SSSR count). The van der Waals surface area contributed by atoms with Crippen molar-refractivity contribution in [3.63, 3.8) is 0 Å². The van der Waals surface area contributed by atoms with Crippen LogP contribution in [0.15, 0.2) is 92.0 Å². The van der Waals surface area contributed by atoms with Crippen LogP contribution in [0.3, 0.4) is 0 Å². The molecule has 3 aromatic carbocycles. The first-order valence-corrected chi connectivity index (χ1v) is 11.1. The Labute approximate surface area is 190 Å². The Hall–Kier alpha value is -3.50. The average molecular weight is 425 g/mol. The molecule has 0 aliphatic carbocycles. The summed E-state index contributed by atoms with van der Waals surface area (Å²) >= 11 is 0. The monoisotopic (exact) mass is 424 g/mol. The van der Waals surface area contributed by atoms with Crippen LogP contribution in [0.25, 0.3) is 0 Å². The lowest BCUT2D eigenvalue weighted by molar-refractivity contribution is 0.00530. The Morgan fingerprint density at radius 1 is 0.875 bits per heavy atom. The molecule has 1 atom stereocenters. The second-order valence-corrected chi connectivity index (χ2v) is 8.25. The van der Waals surface area contributed by atoms with Gasteiger partial charge in [0.15, 0.2) is 13.0 Å². The Bertz CT molecular complexity index is 1130. The number of ether oxygens (including phenoxy) is 2. The van der Waals surface area contributed by atoms with Gasteiger partial charge in [0.2, 0.25) is 0 Å². The molecular formula is C28H28N2O2. The van der Waals surface area contributed by atoms with Crippen molar-refractivity contribution in [2.75, 3.05) is 18.2 Å². The zero-order valence-electron chi connectivity index (χ0n) is 18.2. The number of allylic oxidation sites excluding steroid dienone is 1. The zero-order valence-corrected chi connectivity index (χ0v) is 18.2. The highest BCUT2D eigenvalue weighted by atomic mass is 16.5. The van der Waals surface area contributed by atoms with E-state index in [0.29, 0.717) is 6.73 Å². The molecule has 4 nitrogen and oxygen atoms in total. The third kappa shape index (κ3) is 3.90. The van der Waals surface area contributed by atoms with Gasteiger partial charge in [0.1, 0.15) is 11.5 Å². The van der Waals surface area contributed by atoms with Gasteiger partial charge < -0.3 is 14.4 Å². The minimum absolute atomic E-state index is 0.185. The van der Waals surface area contributed by atoms with Gasteiger partial charge in [0.05, 0.1) is 0 Å². The Morgan fingerprint density at radius 2 is 1.69 bits per heavy atom. The smallest absolute Gasteiger partial charge is 0.179 e. The molecule has 0 saturated heterocycles. The van der Waals surface area contributed by atoms with Crippen LogP contribution in [0, 0.1) is 0 Å². The topological polar surface area (TPSA) is 24.9 Å². The summed E-state index contributed by atoms with van der Waals surface area (Å²) in [7, 11) is 0. The van der Waals surface area contributed by atoms with Crippen LogP contribution in [-0.2, 0) is 19.5 Å². The summed E-state index contributed by atoms with van der Waals surface area (Å²) in [6.45, 7) is 10.9. The van der Waals surface area contributed by atoms with Gasteiger partial charge >= 0.3 is 0 Å². The van der Waals surface area contributed by atoms with Crippen molar-refractivity contribution >= 4 is 5.69 Å². The van der Waals surface area contributed by atoms with E-state index in [1.165, 1.54) is 22.3 Å². The number of anilines is 1. The van der Waals surface area contributed by atoms with Crippen LogP contribution >= 0.6 is 0 Å². The lowest BCUT2D eigenvalue weighted by Gasteiger charge is -2.38. The molecule has 2 aliphatic rings. The maximum Gasteiger partial charge on any atom is 0.179 e. The minimum atomic E-state index is -0.185. The zero-order chi connectivity index (χ0) is 21.9. The summed E-state index contributed by atoms with van der Waals surface area (Å²) in [5.41, 5.74) is 5.88. The van der Waals surface area contributed by atoms with Crippen LogP contribution in [-0.4, -0.2) is 18.2 Å². The van der Waals surface area contributed by atoms with E-state index >= 15 is 0 Å². The SMILES string of the molecule is C=CCc1cc2c(cc1C1Oc3ccccc3CN1CC=C)CN(c1ccccc1)CO2. The highest BCUT2D eigenvalue weighted by Gasteiger charge is 2.31. The molecule has 0 spiro atoms. The Balaban J connectivity index is 1.54. The Kier molecular flexibility index (Phi) is 5.70. The quantitative estimate of drug-likeness (QED) is 0.464. The fraction of sp³-hybridized carbons (Fsp3) is 0.214. The van der Waals surface area contributed by atoms with Crippen LogP contribution in [0.2, 0.25) is 0 Å². The van der Waals surface area contributed by atoms with Crippen LogP contribution in [0.1, 0.15) is 28.5 Å². The van der Waals surface area contributed by atoms with E-state index in [2.05, 4.69) is 77.6 Å². The number of para-hydroxylation sites is 2. The van der Waals surface area contributed by atoms with Crippen molar-refractivity contribution in [1.82, 2.24) is 4.90 Å². The Morgan fingerprint density at radius 3 is 2.50 bits per heavy atom. The molecule has 0 aromatic heterocycles. The fourth-order valence-corrected chi connectivity index (χ4v) is 4.54. The molecule has 4 heteroatoms. The first kappa shape index (κ1) is 20.4. The fourth-order valence-electron chi connectivity index (χ4n) is 4.54. The van der Waals surface area contributed by atoms with Gasteiger partial charge in [0, 0.05) is 42.0 Å². The average Bonchev–Trinajstić information content (AvgIpc) is 2.84. The summed E-state index contributed by atoms with van der Waals surface area (Å²) in [4.78, 5) is 4.57. The molecule has 0 N–H and O–H groups in total.